The minimum Gasteiger partial charge on any atom is -0.465 e. The molecular formula is C24H43NO5. The Balaban J connectivity index is 1.81. The molecule has 2 aliphatic rings. The molecule has 1 spiro atoms. The van der Waals surface area contributed by atoms with Gasteiger partial charge in [0.1, 0.15) is 0 Å². The summed E-state index contributed by atoms with van der Waals surface area (Å²) in [6, 6.07) is 0. The summed E-state index contributed by atoms with van der Waals surface area (Å²) in [5, 5.41) is 0. The SMILES string of the molecule is CC(C)(C)C(=O)N1CCC2(CC1)OCC(CCOC(=O)C(C(C)(C)C)C(C)(C)C)O2. The van der Waals surface area contributed by atoms with Crippen molar-refractivity contribution in [3.63, 3.8) is 0 Å². The maximum absolute atomic E-state index is 12.8. The van der Waals surface area contributed by atoms with Gasteiger partial charge in [-0.25, -0.2) is 0 Å². The summed E-state index contributed by atoms with van der Waals surface area (Å²) >= 11 is 0. The van der Waals surface area contributed by atoms with Gasteiger partial charge in [0, 0.05) is 37.8 Å². The molecule has 6 heteroatoms. The fourth-order valence-corrected chi connectivity index (χ4v) is 4.93. The number of ether oxygens (including phenoxy) is 3. The van der Waals surface area contributed by atoms with Crippen molar-refractivity contribution in [3.8, 4) is 0 Å². The van der Waals surface area contributed by atoms with Crippen LogP contribution in [0.4, 0.5) is 0 Å². The molecule has 1 atom stereocenters. The summed E-state index contributed by atoms with van der Waals surface area (Å²) in [5.74, 6) is -0.742. The van der Waals surface area contributed by atoms with Crippen molar-refractivity contribution in [1.82, 2.24) is 4.90 Å². The Morgan fingerprint density at radius 1 is 1.00 bits per heavy atom. The van der Waals surface area contributed by atoms with E-state index in [1.54, 1.807) is 0 Å². The maximum Gasteiger partial charge on any atom is 0.309 e. The van der Waals surface area contributed by atoms with Crippen LogP contribution >= 0.6 is 0 Å². The molecule has 2 saturated heterocycles. The molecule has 0 bridgehead atoms. The van der Waals surface area contributed by atoms with Crippen molar-refractivity contribution in [3.05, 3.63) is 0 Å². The number of esters is 1. The van der Waals surface area contributed by atoms with E-state index >= 15 is 0 Å². The van der Waals surface area contributed by atoms with E-state index < -0.39 is 5.79 Å². The largest absolute Gasteiger partial charge is 0.465 e. The molecule has 2 fully saturated rings. The van der Waals surface area contributed by atoms with Crippen molar-refractivity contribution in [2.75, 3.05) is 26.3 Å². The third-order valence-corrected chi connectivity index (χ3v) is 6.02. The molecule has 6 nitrogen and oxygen atoms in total. The molecule has 2 rings (SSSR count). The lowest BCUT2D eigenvalue weighted by atomic mass is 9.67. The van der Waals surface area contributed by atoms with Gasteiger partial charge in [-0.15, -0.1) is 0 Å². The van der Waals surface area contributed by atoms with Crippen molar-refractivity contribution < 1.29 is 23.8 Å². The van der Waals surface area contributed by atoms with E-state index in [0.717, 1.165) is 0 Å². The third-order valence-electron chi connectivity index (χ3n) is 6.02. The molecule has 0 N–H and O–H groups in total. The van der Waals surface area contributed by atoms with Crippen LogP contribution in [0.15, 0.2) is 0 Å². The molecule has 0 aromatic rings. The highest BCUT2D eigenvalue weighted by Crippen LogP contribution is 2.41. The second kappa shape index (κ2) is 8.78. The first kappa shape index (κ1) is 25.1. The van der Waals surface area contributed by atoms with Crippen LogP contribution in [0.2, 0.25) is 0 Å². The molecule has 0 aliphatic carbocycles. The van der Waals surface area contributed by atoms with Crippen LogP contribution in [-0.4, -0.2) is 55.0 Å². The van der Waals surface area contributed by atoms with E-state index in [0.29, 0.717) is 45.6 Å². The van der Waals surface area contributed by atoms with E-state index in [1.165, 1.54) is 0 Å². The van der Waals surface area contributed by atoms with E-state index in [4.69, 9.17) is 14.2 Å². The van der Waals surface area contributed by atoms with Gasteiger partial charge in [0.25, 0.3) is 0 Å². The Labute approximate surface area is 183 Å². The maximum atomic E-state index is 12.8. The van der Waals surface area contributed by atoms with Crippen molar-refractivity contribution >= 4 is 11.9 Å². The van der Waals surface area contributed by atoms with Gasteiger partial charge in [-0.2, -0.15) is 0 Å². The molecule has 174 valence electrons. The highest BCUT2D eigenvalue weighted by Gasteiger charge is 2.46. The first-order valence-electron chi connectivity index (χ1n) is 11.3. The van der Waals surface area contributed by atoms with Crippen molar-refractivity contribution in [1.29, 1.82) is 0 Å². The van der Waals surface area contributed by atoms with Crippen molar-refractivity contribution in [2.45, 2.75) is 93.5 Å². The Hall–Kier alpha value is -1.14. The fourth-order valence-electron chi connectivity index (χ4n) is 4.93. The highest BCUT2D eigenvalue weighted by molar-refractivity contribution is 5.81. The van der Waals surface area contributed by atoms with Crippen LogP contribution in [0.1, 0.15) is 81.6 Å². The molecule has 1 unspecified atom stereocenters. The summed E-state index contributed by atoms with van der Waals surface area (Å²) in [4.78, 5) is 27.1. The summed E-state index contributed by atoms with van der Waals surface area (Å²) in [7, 11) is 0. The highest BCUT2D eigenvalue weighted by atomic mass is 16.7. The van der Waals surface area contributed by atoms with Crippen LogP contribution in [0.3, 0.4) is 0 Å². The zero-order valence-electron chi connectivity index (χ0n) is 20.6. The summed E-state index contributed by atoms with van der Waals surface area (Å²) in [5.41, 5.74) is -0.693. The van der Waals surface area contributed by atoms with Crippen LogP contribution < -0.4 is 0 Å². The normalized spacial score (nSPS) is 22.6. The molecule has 0 saturated carbocycles. The van der Waals surface area contributed by atoms with E-state index in [2.05, 4.69) is 41.5 Å². The predicted molar refractivity (Wildman–Crippen MR) is 117 cm³/mol. The summed E-state index contributed by atoms with van der Waals surface area (Å²) < 4.78 is 17.9. The summed E-state index contributed by atoms with van der Waals surface area (Å²) in [6.45, 7) is 20.5. The molecule has 2 heterocycles. The second-order valence-corrected chi connectivity index (χ2v) is 12.1. The number of rotatable bonds is 4. The number of amides is 1. The first-order valence-corrected chi connectivity index (χ1v) is 11.3. The molecule has 1 amide bonds. The Kier molecular flexibility index (Phi) is 7.35. The molecule has 0 aromatic carbocycles. The minimum atomic E-state index is -0.595. The van der Waals surface area contributed by atoms with Gasteiger partial charge in [-0.05, 0) is 10.8 Å². The number of nitrogens with zero attached hydrogens (tertiary/aromatic N) is 1. The quantitative estimate of drug-likeness (QED) is 0.624. The van der Waals surface area contributed by atoms with Gasteiger partial charge >= 0.3 is 5.97 Å². The molecule has 0 aromatic heterocycles. The minimum absolute atomic E-state index is 0.0783. The third kappa shape index (κ3) is 6.19. The second-order valence-electron chi connectivity index (χ2n) is 12.1. The number of likely N-dealkylation sites (tertiary alicyclic amines) is 1. The zero-order valence-corrected chi connectivity index (χ0v) is 20.6. The number of carbonyl (C=O) groups is 2. The van der Waals surface area contributed by atoms with Gasteiger partial charge in [0.15, 0.2) is 5.79 Å². The average molecular weight is 426 g/mol. The van der Waals surface area contributed by atoms with E-state index in [-0.39, 0.29) is 40.1 Å². The lowest BCUT2D eigenvalue weighted by molar-refractivity contribution is -0.198. The van der Waals surface area contributed by atoms with Gasteiger partial charge in [-0.3, -0.25) is 9.59 Å². The number of hydrogen-bond donors (Lipinski definition) is 0. The van der Waals surface area contributed by atoms with Gasteiger partial charge in [0.2, 0.25) is 5.91 Å². The van der Waals surface area contributed by atoms with Crippen LogP contribution in [0.5, 0.6) is 0 Å². The lowest BCUT2D eigenvalue weighted by Crippen LogP contribution is -2.50. The topological polar surface area (TPSA) is 65.1 Å². The zero-order chi connectivity index (χ0) is 23.0. The number of hydrogen-bond acceptors (Lipinski definition) is 5. The standard InChI is InChI=1S/C24H43NO5/c1-21(2,3)18(22(4,5)6)19(26)28-15-10-17-16-29-24(30-17)11-13-25(14-12-24)20(27)23(7,8)9/h17-18H,10-16H2,1-9H3. The van der Waals surface area contributed by atoms with E-state index in [9.17, 15) is 9.59 Å². The lowest BCUT2D eigenvalue weighted by Gasteiger charge is -2.40. The molecule has 2 aliphatic heterocycles. The molecule has 30 heavy (non-hydrogen) atoms. The monoisotopic (exact) mass is 425 g/mol. The fraction of sp³-hybridized carbons (Fsp3) is 0.917. The van der Waals surface area contributed by atoms with Gasteiger partial charge in [0.05, 0.1) is 25.2 Å². The first-order chi connectivity index (χ1) is 13.6. The number of piperidine rings is 1. The van der Waals surface area contributed by atoms with E-state index in [1.807, 2.05) is 25.7 Å². The van der Waals surface area contributed by atoms with Gasteiger partial charge in [-0.1, -0.05) is 62.3 Å². The smallest absolute Gasteiger partial charge is 0.309 e. The average Bonchev–Trinajstić information content (AvgIpc) is 2.94. The van der Waals surface area contributed by atoms with Crippen LogP contribution in [0.25, 0.3) is 0 Å². The van der Waals surface area contributed by atoms with Gasteiger partial charge < -0.3 is 19.1 Å². The molecular weight excluding hydrogens is 382 g/mol. The Morgan fingerprint density at radius 2 is 1.53 bits per heavy atom. The Morgan fingerprint density at radius 3 is 2.00 bits per heavy atom. The van der Waals surface area contributed by atoms with Crippen molar-refractivity contribution in [2.24, 2.45) is 22.2 Å². The predicted octanol–water partition coefficient (Wildman–Crippen LogP) is 4.41. The molecule has 0 radical (unpaired) electrons. The number of carbonyl (C=O) groups excluding carboxylic acids is 2. The Bertz CT molecular complexity index is 601. The van der Waals surface area contributed by atoms with Crippen LogP contribution in [0, 0.1) is 22.2 Å². The van der Waals surface area contributed by atoms with Crippen LogP contribution in [-0.2, 0) is 23.8 Å². The summed E-state index contributed by atoms with van der Waals surface area (Å²) in [6.07, 6.45) is 1.91.